The van der Waals surface area contributed by atoms with E-state index in [9.17, 15) is 4.79 Å². The monoisotopic (exact) mass is 324 g/mol. The predicted molar refractivity (Wildman–Crippen MR) is 89.8 cm³/mol. The van der Waals surface area contributed by atoms with Crippen molar-refractivity contribution in [3.63, 3.8) is 0 Å². The van der Waals surface area contributed by atoms with Gasteiger partial charge >= 0.3 is 0 Å². The Morgan fingerprint density at radius 2 is 2.04 bits per heavy atom. The normalized spacial score (nSPS) is 12.0. The van der Waals surface area contributed by atoms with Crippen LogP contribution in [0.4, 0.5) is 0 Å². The van der Waals surface area contributed by atoms with Gasteiger partial charge in [-0.15, -0.1) is 0 Å². The second-order valence-corrected chi connectivity index (χ2v) is 5.56. The average Bonchev–Trinajstić information content (AvgIpc) is 3.30. The maximum Gasteiger partial charge on any atom is 0.289 e. The van der Waals surface area contributed by atoms with Crippen LogP contribution >= 0.6 is 0 Å². The Morgan fingerprint density at radius 1 is 1.21 bits per heavy atom. The van der Waals surface area contributed by atoms with Crippen LogP contribution in [-0.4, -0.2) is 17.6 Å². The summed E-state index contributed by atoms with van der Waals surface area (Å²) in [6, 6.07) is 15.7. The summed E-state index contributed by atoms with van der Waals surface area (Å²) in [4.78, 5) is 12.1. The van der Waals surface area contributed by atoms with Gasteiger partial charge in [-0.25, -0.2) is 0 Å². The summed E-state index contributed by atoms with van der Waals surface area (Å²) < 4.78 is 10.6. The van der Waals surface area contributed by atoms with E-state index in [0.717, 1.165) is 29.9 Å². The second kappa shape index (κ2) is 7.64. The van der Waals surface area contributed by atoms with Crippen molar-refractivity contribution < 1.29 is 13.7 Å². The second-order valence-electron chi connectivity index (χ2n) is 5.56. The SMILES string of the molecule is CCc1cc(C(=O)NCC[C@@H](c2ccccc2)c2ccco2)on1. The van der Waals surface area contributed by atoms with Gasteiger partial charge in [-0.1, -0.05) is 42.4 Å². The van der Waals surface area contributed by atoms with Gasteiger partial charge in [0.25, 0.3) is 5.91 Å². The highest BCUT2D eigenvalue weighted by Gasteiger charge is 2.18. The van der Waals surface area contributed by atoms with Crippen molar-refractivity contribution in [1.82, 2.24) is 10.5 Å². The van der Waals surface area contributed by atoms with E-state index in [1.165, 1.54) is 0 Å². The molecule has 0 aliphatic heterocycles. The Morgan fingerprint density at radius 3 is 2.71 bits per heavy atom. The highest BCUT2D eigenvalue weighted by Crippen LogP contribution is 2.27. The molecule has 0 bridgehead atoms. The summed E-state index contributed by atoms with van der Waals surface area (Å²) in [5.74, 6) is 1.00. The van der Waals surface area contributed by atoms with E-state index in [2.05, 4.69) is 22.6 Å². The highest BCUT2D eigenvalue weighted by molar-refractivity contribution is 5.91. The molecule has 5 nitrogen and oxygen atoms in total. The van der Waals surface area contributed by atoms with Gasteiger partial charge in [-0.05, 0) is 30.5 Å². The molecule has 3 aromatic rings. The van der Waals surface area contributed by atoms with Crippen LogP contribution in [0.1, 0.15) is 46.8 Å². The van der Waals surface area contributed by atoms with E-state index in [0.29, 0.717) is 6.54 Å². The molecule has 0 saturated carbocycles. The molecule has 3 rings (SSSR count). The van der Waals surface area contributed by atoms with Gasteiger partial charge in [0.05, 0.1) is 12.0 Å². The molecule has 0 aliphatic rings. The molecule has 24 heavy (non-hydrogen) atoms. The molecular formula is C19H20N2O3. The molecule has 2 aromatic heterocycles. The first-order valence-electron chi connectivity index (χ1n) is 8.10. The Balaban J connectivity index is 1.63. The van der Waals surface area contributed by atoms with Crippen molar-refractivity contribution in [1.29, 1.82) is 0 Å². The summed E-state index contributed by atoms with van der Waals surface area (Å²) in [7, 11) is 0. The van der Waals surface area contributed by atoms with Crippen molar-refractivity contribution in [2.24, 2.45) is 0 Å². The lowest BCUT2D eigenvalue weighted by atomic mass is 9.93. The van der Waals surface area contributed by atoms with Crippen LogP contribution in [0.15, 0.2) is 63.7 Å². The summed E-state index contributed by atoms with van der Waals surface area (Å²) in [6.07, 6.45) is 3.15. The standard InChI is InChI=1S/C19H20N2O3/c1-2-15-13-18(24-21-15)19(22)20-11-10-16(17-9-6-12-23-17)14-7-4-3-5-8-14/h3-9,12-13,16H,2,10-11H2,1H3,(H,20,22)/t16-/m0/s1. The number of hydrogen-bond donors (Lipinski definition) is 1. The molecule has 2 heterocycles. The Hall–Kier alpha value is -2.82. The summed E-state index contributed by atoms with van der Waals surface area (Å²) in [5.41, 5.74) is 1.94. The number of aromatic nitrogens is 1. The topological polar surface area (TPSA) is 68.3 Å². The number of nitrogens with one attached hydrogen (secondary N) is 1. The Bertz CT molecular complexity index is 763. The molecule has 0 fully saturated rings. The molecule has 0 aliphatic carbocycles. The number of hydrogen-bond acceptors (Lipinski definition) is 4. The first kappa shape index (κ1) is 16.1. The third-order valence-corrected chi connectivity index (χ3v) is 3.95. The minimum Gasteiger partial charge on any atom is -0.469 e. The van der Waals surface area contributed by atoms with Gasteiger partial charge in [-0.2, -0.15) is 0 Å². The van der Waals surface area contributed by atoms with Crippen LogP contribution in [0, 0.1) is 0 Å². The first-order valence-corrected chi connectivity index (χ1v) is 8.10. The highest BCUT2D eigenvalue weighted by atomic mass is 16.5. The molecule has 0 unspecified atom stereocenters. The lowest BCUT2D eigenvalue weighted by Crippen LogP contribution is -2.25. The van der Waals surface area contributed by atoms with Gasteiger partial charge < -0.3 is 14.3 Å². The largest absolute Gasteiger partial charge is 0.469 e. The number of amides is 1. The number of nitrogens with zero attached hydrogens (tertiary/aromatic N) is 1. The lowest BCUT2D eigenvalue weighted by molar-refractivity contribution is 0.0915. The van der Waals surface area contributed by atoms with Crippen molar-refractivity contribution in [2.45, 2.75) is 25.7 Å². The quantitative estimate of drug-likeness (QED) is 0.718. The summed E-state index contributed by atoms with van der Waals surface area (Å²) in [6.45, 7) is 2.48. The van der Waals surface area contributed by atoms with E-state index < -0.39 is 0 Å². The molecule has 0 saturated heterocycles. The van der Waals surface area contributed by atoms with Crippen LogP contribution in [0.2, 0.25) is 0 Å². The fraction of sp³-hybridized carbons (Fsp3) is 0.263. The van der Waals surface area contributed by atoms with Gasteiger partial charge in [0, 0.05) is 18.5 Å². The van der Waals surface area contributed by atoms with Crippen molar-refractivity contribution >= 4 is 5.91 Å². The van der Waals surface area contributed by atoms with Crippen LogP contribution in [0.3, 0.4) is 0 Å². The van der Waals surface area contributed by atoms with Gasteiger partial charge in [0.2, 0.25) is 5.76 Å². The zero-order valence-electron chi connectivity index (χ0n) is 13.6. The van der Waals surface area contributed by atoms with E-state index in [1.54, 1.807) is 12.3 Å². The third kappa shape index (κ3) is 3.74. The van der Waals surface area contributed by atoms with Gasteiger partial charge in [0.1, 0.15) is 5.76 Å². The number of rotatable bonds is 7. The van der Waals surface area contributed by atoms with Gasteiger partial charge in [0.15, 0.2) is 0 Å². The van der Waals surface area contributed by atoms with Crippen molar-refractivity contribution in [3.8, 4) is 0 Å². The number of benzene rings is 1. The average molecular weight is 324 g/mol. The summed E-state index contributed by atoms with van der Waals surface area (Å²) in [5, 5.41) is 6.72. The van der Waals surface area contributed by atoms with Crippen LogP contribution in [-0.2, 0) is 6.42 Å². The molecule has 1 amide bonds. The van der Waals surface area contributed by atoms with E-state index in [4.69, 9.17) is 8.94 Å². The number of carbonyl (C=O) groups is 1. The summed E-state index contributed by atoms with van der Waals surface area (Å²) >= 11 is 0. The molecule has 124 valence electrons. The van der Waals surface area contributed by atoms with Crippen molar-refractivity contribution in [2.75, 3.05) is 6.54 Å². The first-order chi connectivity index (χ1) is 11.8. The molecule has 0 radical (unpaired) electrons. The lowest BCUT2D eigenvalue weighted by Gasteiger charge is -2.15. The minimum absolute atomic E-state index is 0.0995. The molecule has 1 aromatic carbocycles. The smallest absolute Gasteiger partial charge is 0.289 e. The molecule has 1 N–H and O–H groups in total. The van der Waals surface area contributed by atoms with E-state index in [1.807, 2.05) is 37.3 Å². The number of aryl methyl sites for hydroxylation is 1. The molecular weight excluding hydrogens is 304 g/mol. The van der Waals surface area contributed by atoms with Crippen LogP contribution in [0.25, 0.3) is 0 Å². The maximum absolute atomic E-state index is 12.1. The third-order valence-electron chi connectivity index (χ3n) is 3.95. The minimum atomic E-state index is -0.242. The maximum atomic E-state index is 12.1. The zero-order valence-corrected chi connectivity index (χ0v) is 13.6. The van der Waals surface area contributed by atoms with Crippen LogP contribution < -0.4 is 5.32 Å². The number of furan rings is 1. The van der Waals surface area contributed by atoms with E-state index in [-0.39, 0.29) is 17.6 Å². The molecule has 0 spiro atoms. The molecule has 5 heteroatoms. The van der Waals surface area contributed by atoms with Crippen LogP contribution in [0.5, 0.6) is 0 Å². The predicted octanol–water partition coefficient (Wildman–Crippen LogP) is 3.78. The number of carbonyl (C=O) groups excluding carboxylic acids is 1. The van der Waals surface area contributed by atoms with E-state index >= 15 is 0 Å². The Labute approximate surface area is 140 Å². The fourth-order valence-electron chi connectivity index (χ4n) is 2.65. The zero-order chi connectivity index (χ0) is 16.8. The molecule has 1 atom stereocenters. The van der Waals surface area contributed by atoms with Gasteiger partial charge in [-0.3, -0.25) is 4.79 Å². The van der Waals surface area contributed by atoms with Crippen molar-refractivity contribution in [3.05, 3.63) is 77.6 Å². The fourth-order valence-corrected chi connectivity index (χ4v) is 2.65. The Kier molecular flexibility index (Phi) is 5.11.